The van der Waals surface area contributed by atoms with Gasteiger partial charge in [0, 0.05) is 16.5 Å². The van der Waals surface area contributed by atoms with Gasteiger partial charge in [-0.05, 0) is 50.7 Å². The van der Waals surface area contributed by atoms with Crippen LogP contribution in [0.5, 0.6) is 46.0 Å². The number of phenols is 2. The highest BCUT2D eigenvalue weighted by atomic mass is 16.5. The fourth-order valence-electron chi connectivity index (χ4n) is 7.30. The zero-order chi connectivity index (χ0) is 43.1. The Balaban J connectivity index is 2.90. The van der Waals surface area contributed by atoms with Crippen molar-refractivity contribution >= 4 is 0 Å². The van der Waals surface area contributed by atoms with Gasteiger partial charge in [-0.25, -0.2) is 0 Å². The van der Waals surface area contributed by atoms with E-state index in [9.17, 15) is 10.2 Å². The SMILES string of the molecule is CCCCCCOc1cc(C(C)(C)c2cc(OCCCCCC)c(O)c(OCCCCCC)c2OCCCCCC)c(OCCCCCC)c(OCCCCCC)c1O. The molecule has 0 radical (unpaired) electrons. The summed E-state index contributed by atoms with van der Waals surface area (Å²) >= 11 is 0. The molecule has 0 saturated heterocycles. The molecule has 2 aromatic carbocycles. The molecular weight excluding hydrogens is 741 g/mol. The number of unbranched alkanes of at least 4 members (excludes halogenated alkanes) is 18. The van der Waals surface area contributed by atoms with Crippen molar-refractivity contribution in [2.45, 2.75) is 215 Å². The van der Waals surface area contributed by atoms with Crippen LogP contribution in [0.3, 0.4) is 0 Å². The van der Waals surface area contributed by atoms with Crippen LogP contribution in [0.15, 0.2) is 12.1 Å². The van der Waals surface area contributed by atoms with E-state index >= 15 is 0 Å². The molecule has 0 aliphatic carbocycles. The molecule has 2 aromatic rings. The van der Waals surface area contributed by atoms with Gasteiger partial charge in [-0.1, -0.05) is 171 Å². The Morgan fingerprint density at radius 2 is 0.576 bits per heavy atom. The highest BCUT2D eigenvalue weighted by Gasteiger charge is 2.38. The predicted octanol–water partition coefficient (Wildman–Crippen LogP) is 15.2. The third-order valence-corrected chi connectivity index (χ3v) is 11.2. The first-order chi connectivity index (χ1) is 28.7. The number of aromatic hydroxyl groups is 2. The minimum atomic E-state index is -0.819. The molecular formula is C51H88O8. The lowest BCUT2D eigenvalue weighted by molar-refractivity contribution is 0.230. The second-order valence-electron chi connectivity index (χ2n) is 16.9. The standard InChI is InChI=1S/C51H88O8/c1-9-15-21-27-33-54-43-39-41(47(56-35-29-23-17-11-3)49(45(43)52)58-37-31-25-19-13-5)51(7,8)42-40-44(55-34-28-22-16-10-2)46(53)50(59-38-32-26-20-14-6)48(42)57-36-30-24-18-12-4/h39-40,52-53H,9-38H2,1-8H3. The van der Waals surface area contributed by atoms with Crippen LogP contribution in [0.1, 0.15) is 221 Å². The lowest BCUT2D eigenvalue weighted by atomic mass is 9.76. The lowest BCUT2D eigenvalue weighted by Gasteiger charge is -2.33. The first-order valence-corrected chi connectivity index (χ1v) is 24.3. The maximum atomic E-state index is 11.9. The first kappa shape index (κ1) is 52.0. The van der Waals surface area contributed by atoms with Crippen molar-refractivity contribution in [3.05, 3.63) is 23.3 Å². The van der Waals surface area contributed by atoms with Gasteiger partial charge in [-0.2, -0.15) is 0 Å². The number of benzene rings is 2. The molecule has 0 fully saturated rings. The van der Waals surface area contributed by atoms with E-state index in [0.717, 1.165) is 165 Å². The number of rotatable bonds is 38. The highest BCUT2D eigenvalue weighted by Crippen LogP contribution is 2.56. The van der Waals surface area contributed by atoms with Crippen molar-refractivity contribution in [1.82, 2.24) is 0 Å². The average molecular weight is 829 g/mol. The summed E-state index contributed by atoms with van der Waals surface area (Å²) in [6.45, 7) is 20.4. The molecule has 340 valence electrons. The van der Waals surface area contributed by atoms with Crippen molar-refractivity contribution < 1.29 is 38.6 Å². The zero-order valence-corrected chi connectivity index (χ0v) is 39.2. The molecule has 8 nitrogen and oxygen atoms in total. The molecule has 0 aliphatic heterocycles. The molecule has 0 aromatic heterocycles. The van der Waals surface area contributed by atoms with E-state index in [1.165, 1.54) is 0 Å². The van der Waals surface area contributed by atoms with E-state index in [1.54, 1.807) is 0 Å². The monoisotopic (exact) mass is 829 g/mol. The molecule has 0 amide bonds. The number of hydrogen-bond donors (Lipinski definition) is 2. The van der Waals surface area contributed by atoms with E-state index in [-0.39, 0.29) is 11.5 Å². The van der Waals surface area contributed by atoms with Crippen LogP contribution in [0, 0.1) is 0 Å². The molecule has 2 N–H and O–H groups in total. The Hall–Kier alpha value is -3.16. The van der Waals surface area contributed by atoms with E-state index in [1.807, 2.05) is 12.1 Å². The Morgan fingerprint density at radius 3 is 0.831 bits per heavy atom. The molecule has 0 heterocycles. The maximum Gasteiger partial charge on any atom is 0.207 e. The quantitative estimate of drug-likeness (QED) is 0.0646. The van der Waals surface area contributed by atoms with Crippen molar-refractivity contribution in [1.29, 1.82) is 0 Å². The third kappa shape index (κ3) is 18.6. The summed E-state index contributed by atoms with van der Waals surface area (Å²) in [5, 5.41) is 23.9. The Bertz CT molecular complexity index is 1270. The van der Waals surface area contributed by atoms with E-state index in [4.69, 9.17) is 28.4 Å². The molecule has 0 atom stereocenters. The summed E-state index contributed by atoms with van der Waals surface area (Å²) in [6.07, 6.45) is 25.2. The fraction of sp³-hybridized carbons (Fsp3) is 0.765. The van der Waals surface area contributed by atoms with Gasteiger partial charge in [0.1, 0.15) is 0 Å². The maximum absolute atomic E-state index is 11.9. The summed E-state index contributed by atoms with van der Waals surface area (Å²) in [5.74, 6) is 2.40. The van der Waals surface area contributed by atoms with E-state index < -0.39 is 5.41 Å². The minimum absolute atomic E-state index is 0.0237. The van der Waals surface area contributed by atoms with Crippen LogP contribution in [0.2, 0.25) is 0 Å². The van der Waals surface area contributed by atoms with Crippen LogP contribution in [-0.2, 0) is 5.41 Å². The first-order valence-electron chi connectivity index (χ1n) is 24.3. The summed E-state index contributed by atoms with van der Waals surface area (Å²) in [6, 6.07) is 3.88. The highest BCUT2D eigenvalue weighted by molar-refractivity contribution is 5.69. The summed E-state index contributed by atoms with van der Waals surface area (Å²) < 4.78 is 39.4. The summed E-state index contributed by atoms with van der Waals surface area (Å²) in [5.41, 5.74) is 0.796. The fourth-order valence-corrected chi connectivity index (χ4v) is 7.30. The van der Waals surface area contributed by atoms with Gasteiger partial charge in [0.25, 0.3) is 0 Å². The Labute approximate surface area is 361 Å². The number of ether oxygens (including phenoxy) is 6. The minimum Gasteiger partial charge on any atom is -0.502 e. The van der Waals surface area contributed by atoms with Gasteiger partial charge < -0.3 is 38.6 Å². The van der Waals surface area contributed by atoms with E-state index in [2.05, 4.69) is 55.4 Å². The molecule has 0 saturated carbocycles. The van der Waals surface area contributed by atoms with Gasteiger partial charge in [0.2, 0.25) is 23.0 Å². The van der Waals surface area contributed by atoms with Crippen molar-refractivity contribution in [3.8, 4) is 46.0 Å². The van der Waals surface area contributed by atoms with E-state index in [0.29, 0.717) is 74.1 Å². The molecule has 0 unspecified atom stereocenters. The van der Waals surface area contributed by atoms with Gasteiger partial charge >= 0.3 is 0 Å². The Kier molecular flexibility index (Phi) is 27.9. The van der Waals surface area contributed by atoms with Gasteiger partial charge in [-0.3, -0.25) is 0 Å². The molecule has 0 bridgehead atoms. The summed E-state index contributed by atoms with van der Waals surface area (Å²) in [7, 11) is 0. The molecule has 2 rings (SSSR count). The summed E-state index contributed by atoms with van der Waals surface area (Å²) in [4.78, 5) is 0. The van der Waals surface area contributed by atoms with Gasteiger partial charge in [0.05, 0.1) is 39.6 Å². The molecule has 59 heavy (non-hydrogen) atoms. The molecule has 8 heteroatoms. The van der Waals surface area contributed by atoms with Crippen LogP contribution in [-0.4, -0.2) is 49.9 Å². The van der Waals surface area contributed by atoms with Crippen molar-refractivity contribution in [2.75, 3.05) is 39.6 Å². The van der Waals surface area contributed by atoms with Crippen molar-refractivity contribution in [2.24, 2.45) is 0 Å². The Morgan fingerprint density at radius 1 is 0.339 bits per heavy atom. The predicted molar refractivity (Wildman–Crippen MR) is 246 cm³/mol. The topological polar surface area (TPSA) is 95.8 Å². The molecule has 0 aliphatic rings. The lowest BCUT2D eigenvalue weighted by Crippen LogP contribution is -2.23. The molecule has 0 spiro atoms. The van der Waals surface area contributed by atoms with Crippen molar-refractivity contribution in [3.63, 3.8) is 0 Å². The number of hydrogen-bond acceptors (Lipinski definition) is 8. The smallest absolute Gasteiger partial charge is 0.207 e. The average Bonchev–Trinajstić information content (AvgIpc) is 3.22. The zero-order valence-electron chi connectivity index (χ0n) is 39.2. The van der Waals surface area contributed by atoms with Crippen LogP contribution >= 0.6 is 0 Å². The van der Waals surface area contributed by atoms with Crippen LogP contribution in [0.25, 0.3) is 0 Å². The second-order valence-corrected chi connectivity index (χ2v) is 16.9. The normalized spacial score (nSPS) is 11.5. The van der Waals surface area contributed by atoms with Gasteiger partial charge in [-0.15, -0.1) is 0 Å². The largest absolute Gasteiger partial charge is 0.502 e. The van der Waals surface area contributed by atoms with Crippen LogP contribution in [0.4, 0.5) is 0 Å². The number of phenolic OH excluding ortho intramolecular Hbond substituents is 2. The van der Waals surface area contributed by atoms with Crippen LogP contribution < -0.4 is 28.4 Å². The van der Waals surface area contributed by atoms with Gasteiger partial charge in [0.15, 0.2) is 23.0 Å². The third-order valence-electron chi connectivity index (χ3n) is 11.2. The second kappa shape index (κ2) is 31.7.